The van der Waals surface area contributed by atoms with Crippen LogP contribution < -0.4 is 5.32 Å². The predicted molar refractivity (Wildman–Crippen MR) is 82.0 cm³/mol. The monoisotopic (exact) mass is 274 g/mol. The molecule has 19 heavy (non-hydrogen) atoms. The van der Waals surface area contributed by atoms with Crippen molar-refractivity contribution < 1.29 is 0 Å². The molecule has 1 aromatic carbocycles. The Balaban J connectivity index is 1.86. The molecular weight excluding hydrogens is 252 g/mol. The van der Waals surface area contributed by atoms with E-state index in [0.29, 0.717) is 11.3 Å². The number of nitriles is 1. The van der Waals surface area contributed by atoms with E-state index >= 15 is 0 Å². The summed E-state index contributed by atoms with van der Waals surface area (Å²) in [4.78, 5) is 0. The maximum atomic E-state index is 9.45. The van der Waals surface area contributed by atoms with Crippen LogP contribution in [0.4, 0.5) is 0 Å². The first-order valence-corrected chi connectivity index (χ1v) is 8.03. The quantitative estimate of drug-likeness (QED) is 0.888. The highest BCUT2D eigenvalue weighted by Crippen LogP contribution is 2.38. The summed E-state index contributed by atoms with van der Waals surface area (Å²) in [5.41, 5.74) is 1.08. The van der Waals surface area contributed by atoms with Gasteiger partial charge in [-0.3, -0.25) is 5.32 Å². The Bertz CT molecular complexity index is 438. The van der Waals surface area contributed by atoms with Crippen LogP contribution in [0, 0.1) is 11.3 Å². The molecule has 2 rings (SSSR count). The summed E-state index contributed by atoms with van der Waals surface area (Å²) in [5, 5.41) is 13.5. The van der Waals surface area contributed by atoms with Gasteiger partial charge in [0, 0.05) is 17.0 Å². The van der Waals surface area contributed by atoms with Gasteiger partial charge in [-0.15, -0.1) is 0 Å². The fourth-order valence-electron chi connectivity index (χ4n) is 2.75. The van der Waals surface area contributed by atoms with E-state index in [2.05, 4.69) is 55.6 Å². The first-order chi connectivity index (χ1) is 9.13. The molecule has 0 aromatic heterocycles. The number of hydrogen-bond acceptors (Lipinski definition) is 3. The van der Waals surface area contributed by atoms with Gasteiger partial charge in [-0.05, 0) is 38.7 Å². The lowest BCUT2D eigenvalue weighted by molar-refractivity contribution is 0.386. The summed E-state index contributed by atoms with van der Waals surface area (Å²) in [6.07, 6.45) is 3.10. The highest BCUT2D eigenvalue weighted by atomic mass is 32.2. The average molecular weight is 274 g/mol. The smallest absolute Gasteiger partial charge is 0.108 e. The number of nitrogens with zero attached hydrogens (tertiary/aromatic N) is 1. The normalized spacial score (nSPS) is 26.5. The molecule has 0 bridgehead atoms. The molecular formula is C16H22N2S. The van der Waals surface area contributed by atoms with E-state index in [0.717, 1.165) is 25.0 Å². The molecule has 0 radical (unpaired) electrons. The van der Waals surface area contributed by atoms with Gasteiger partial charge in [0.1, 0.15) is 5.54 Å². The highest BCUT2D eigenvalue weighted by Gasteiger charge is 2.39. The third-order valence-electron chi connectivity index (χ3n) is 3.58. The molecule has 2 nitrogen and oxygen atoms in total. The van der Waals surface area contributed by atoms with Crippen molar-refractivity contribution in [1.29, 1.82) is 5.26 Å². The molecule has 0 amide bonds. The van der Waals surface area contributed by atoms with E-state index in [-0.39, 0.29) is 5.54 Å². The Morgan fingerprint density at radius 1 is 1.42 bits per heavy atom. The number of nitrogens with one attached hydrogen (secondary N) is 1. The molecule has 3 heteroatoms. The van der Waals surface area contributed by atoms with Crippen LogP contribution in [0.15, 0.2) is 30.3 Å². The van der Waals surface area contributed by atoms with Gasteiger partial charge >= 0.3 is 0 Å². The largest absolute Gasteiger partial charge is 0.297 e. The van der Waals surface area contributed by atoms with Crippen molar-refractivity contribution in [2.45, 2.75) is 55.7 Å². The van der Waals surface area contributed by atoms with Gasteiger partial charge in [-0.1, -0.05) is 30.3 Å². The number of thioether (sulfide) groups is 1. The molecule has 2 atom stereocenters. The van der Waals surface area contributed by atoms with Crippen LogP contribution in [0.3, 0.4) is 0 Å². The first-order valence-electron chi connectivity index (χ1n) is 6.98. The fraction of sp³-hybridized carbons (Fsp3) is 0.562. The standard InChI is InChI=1S/C16H22N2S/c1-13(2)18-16(12-17)9-8-15(10-16)19-11-14-6-4-3-5-7-14/h3-7,13,15,18H,8-11H2,1-2H3. The Morgan fingerprint density at radius 2 is 2.16 bits per heavy atom. The maximum Gasteiger partial charge on any atom is 0.108 e. The number of benzene rings is 1. The average Bonchev–Trinajstić information content (AvgIpc) is 2.81. The summed E-state index contributed by atoms with van der Waals surface area (Å²) in [6, 6.07) is 13.5. The molecule has 1 N–H and O–H groups in total. The minimum absolute atomic E-state index is 0.289. The molecule has 1 aliphatic carbocycles. The second-order valence-corrected chi connectivity index (χ2v) is 6.94. The minimum atomic E-state index is -0.289. The van der Waals surface area contributed by atoms with Crippen molar-refractivity contribution in [3.05, 3.63) is 35.9 Å². The van der Waals surface area contributed by atoms with Gasteiger partial charge in [-0.25, -0.2) is 0 Å². The Hall–Kier alpha value is -0.980. The van der Waals surface area contributed by atoms with Crippen molar-refractivity contribution in [3.63, 3.8) is 0 Å². The van der Waals surface area contributed by atoms with Gasteiger partial charge in [0.25, 0.3) is 0 Å². The predicted octanol–water partition coefficient (Wildman–Crippen LogP) is 3.73. The lowest BCUT2D eigenvalue weighted by Crippen LogP contribution is -2.45. The summed E-state index contributed by atoms with van der Waals surface area (Å²) < 4.78 is 0. The third-order valence-corrected chi connectivity index (χ3v) is 4.95. The van der Waals surface area contributed by atoms with Crippen molar-refractivity contribution in [2.75, 3.05) is 0 Å². The van der Waals surface area contributed by atoms with Crippen molar-refractivity contribution >= 4 is 11.8 Å². The van der Waals surface area contributed by atoms with Crippen LogP contribution in [-0.4, -0.2) is 16.8 Å². The van der Waals surface area contributed by atoms with Crippen molar-refractivity contribution in [1.82, 2.24) is 5.32 Å². The molecule has 2 unspecified atom stereocenters. The zero-order valence-electron chi connectivity index (χ0n) is 11.7. The molecule has 0 spiro atoms. The van der Waals surface area contributed by atoms with Crippen LogP contribution >= 0.6 is 11.8 Å². The zero-order chi connectivity index (χ0) is 13.7. The van der Waals surface area contributed by atoms with Crippen LogP contribution in [-0.2, 0) is 5.75 Å². The second kappa shape index (κ2) is 6.45. The fourth-order valence-corrected chi connectivity index (χ4v) is 4.06. The lowest BCUT2D eigenvalue weighted by Gasteiger charge is -2.25. The maximum absolute atomic E-state index is 9.45. The number of rotatable bonds is 5. The van der Waals surface area contributed by atoms with Crippen LogP contribution in [0.2, 0.25) is 0 Å². The molecule has 0 heterocycles. The van der Waals surface area contributed by atoms with E-state index in [1.807, 2.05) is 11.8 Å². The molecule has 102 valence electrons. The van der Waals surface area contributed by atoms with Crippen molar-refractivity contribution in [3.8, 4) is 6.07 Å². The molecule has 1 fully saturated rings. The van der Waals surface area contributed by atoms with Gasteiger partial charge in [0.15, 0.2) is 0 Å². The van der Waals surface area contributed by atoms with Crippen LogP contribution in [0.25, 0.3) is 0 Å². The second-order valence-electron chi connectivity index (χ2n) is 5.65. The van der Waals surface area contributed by atoms with Crippen LogP contribution in [0.1, 0.15) is 38.7 Å². The minimum Gasteiger partial charge on any atom is -0.297 e. The van der Waals surface area contributed by atoms with E-state index in [1.54, 1.807) is 0 Å². The summed E-state index contributed by atoms with van der Waals surface area (Å²) in [5.74, 6) is 1.05. The zero-order valence-corrected chi connectivity index (χ0v) is 12.5. The first kappa shape index (κ1) is 14.4. The van der Waals surface area contributed by atoms with E-state index in [9.17, 15) is 5.26 Å². The topological polar surface area (TPSA) is 35.8 Å². The summed E-state index contributed by atoms with van der Waals surface area (Å²) in [6.45, 7) is 4.23. The van der Waals surface area contributed by atoms with E-state index < -0.39 is 0 Å². The van der Waals surface area contributed by atoms with Crippen LogP contribution in [0.5, 0.6) is 0 Å². The Labute approximate surface area is 120 Å². The van der Waals surface area contributed by atoms with Gasteiger partial charge in [0.2, 0.25) is 0 Å². The molecule has 1 aromatic rings. The van der Waals surface area contributed by atoms with E-state index in [1.165, 1.54) is 5.56 Å². The summed E-state index contributed by atoms with van der Waals surface area (Å²) >= 11 is 1.99. The van der Waals surface area contributed by atoms with Gasteiger partial charge in [0.05, 0.1) is 6.07 Å². The SMILES string of the molecule is CC(C)NC1(C#N)CCC(SCc2ccccc2)C1. The van der Waals surface area contributed by atoms with Gasteiger partial charge < -0.3 is 0 Å². The molecule has 0 saturated heterocycles. The van der Waals surface area contributed by atoms with Gasteiger partial charge in [-0.2, -0.15) is 17.0 Å². The summed E-state index contributed by atoms with van der Waals surface area (Å²) in [7, 11) is 0. The third kappa shape index (κ3) is 3.99. The van der Waals surface area contributed by atoms with Crippen molar-refractivity contribution in [2.24, 2.45) is 0 Å². The Kier molecular flexibility index (Phi) is 4.90. The lowest BCUT2D eigenvalue weighted by atomic mass is 9.99. The Morgan fingerprint density at radius 3 is 2.79 bits per heavy atom. The number of hydrogen-bond donors (Lipinski definition) is 1. The molecule has 1 saturated carbocycles. The van der Waals surface area contributed by atoms with E-state index in [4.69, 9.17) is 0 Å². The highest BCUT2D eigenvalue weighted by molar-refractivity contribution is 7.99. The molecule has 0 aliphatic heterocycles. The molecule has 1 aliphatic rings.